The number of nitrogens with one attached hydrogen (secondary N) is 1. The van der Waals surface area contributed by atoms with E-state index in [1.165, 1.54) is 27.0 Å². The first-order valence-electron chi connectivity index (χ1n) is 6.07. The van der Waals surface area contributed by atoms with Crippen molar-refractivity contribution in [3.05, 3.63) is 64.4 Å². The molecule has 0 radical (unpaired) electrons. The molecule has 0 aliphatic rings. The van der Waals surface area contributed by atoms with Gasteiger partial charge in [-0.3, -0.25) is 0 Å². The number of nitrogens with zero attached hydrogens (tertiary/aromatic N) is 1. The van der Waals surface area contributed by atoms with Crippen LogP contribution in [0.4, 0.5) is 5.69 Å². The van der Waals surface area contributed by atoms with Gasteiger partial charge in [0.25, 0.3) is 0 Å². The van der Waals surface area contributed by atoms with Crippen LogP contribution in [0.25, 0.3) is 10.8 Å². The summed E-state index contributed by atoms with van der Waals surface area (Å²) >= 11 is 1.53. The second kappa shape index (κ2) is 5.13. The van der Waals surface area contributed by atoms with Crippen molar-refractivity contribution in [3.8, 4) is 6.07 Å². The van der Waals surface area contributed by atoms with Crippen molar-refractivity contribution >= 4 is 27.8 Å². The smallest absolute Gasteiger partial charge is 0.110 e. The van der Waals surface area contributed by atoms with Gasteiger partial charge in [0.1, 0.15) is 10.9 Å². The Bertz CT molecular complexity index is 747. The molecule has 0 aliphatic heterocycles. The first kappa shape index (κ1) is 11.8. The van der Waals surface area contributed by atoms with E-state index in [2.05, 4.69) is 41.7 Å². The minimum atomic E-state index is 0.750. The molecule has 3 rings (SSSR count). The number of nitriles is 1. The van der Waals surface area contributed by atoms with Crippen LogP contribution in [0.2, 0.25) is 0 Å². The normalized spacial score (nSPS) is 10.3. The van der Waals surface area contributed by atoms with Crippen LogP contribution in [0.1, 0.15) is 9.75 Å². The van der Waals surface area contributed by atoms with Crippen molar-refractivity contribution in [3.63, 3.8) is 0 Å². The molecule has 1 N–H and O–H groups in total. The lowest BCUT2D eigenvalue weighted by molar-refractivity contribution is 1.20. The predicted molar refractivity (Wildman–Crippen MR) is 80.3 cm³/mol. The number of fused-ring (bicyclic) bond motifs is 1. The van der Waals surface area contributed by atoms with Gasteiger partial charge in [-0.15, -0.1) is 11.3 Å². The highest BCUT2D eigenvalue weighted by Gasteiger charge is 2.02. The van der Waals surface area contributed by atoms with Crippen LogP contribution in [0, 0.1) is 11.3 Å². The third-order valence-electron chi connectivity index (χ3n) is 3.01. The molecule has 0 unspecified atom stereocenters. The quantitative estimate of drug-likeness (QED) is 0.761. The van der Waals surface area contributed by atoms with Crippen molar-refractivity contribution in [1.82, 2.24) is 0 Å². The molecule has 19 heavy (non-hydrogen) atoms. The van der Waals surface area contributed by atoms with E-state index < -0.39 is 0 Å². The summed E-state index contributed by atoms with van der Waals surface area (Å²) < 4.78 is 0. The lowest BCUT2D eigenvalue weighted by atomic mass is 10.1. The highest BCUT2D eigenvalue weighted by Crippen LogP contribution is 2.24. The van der Waals surface area contributed by atoms with E-state index in [4.69, 9.17) is 5.26 Å². The maximum atomic E-state index is 8.82. The standard InChI is InChI=1S/C16H12N2S/c17-10-13-8-9-14(19-13)11-18-16-7-3-5-12-4-1-2-6-15(12)16/h1-9,18H,11H2. The average molecular weight is 264 g/mol. The van der Waals surface area contributed by atoms with Crippen LogP contribution in [-0.2, 0) is 6.54 Å². The summed E-state index contributed by atoms with van der Waals surface area (Å²) in [6, 6.07) is 20.6. The van der Waals surface area contributed by atoms with Crippen LogP contribution < -0.4 is 5.32 Å². The van der Waals surface area contributed by atoms with E-state index in [-0.39, 0.29) is 0 Å². The van der Waals surface area contributed by atoms with Crippen LogP contribution in [0.3, 0.4) is 0 Å². The number of thiophene rings is 1. The molecule has 1 aromatic heterocycles. The zero-order valence-electron chi connectivity index (χ0n) is 10.3. The van der Waals surface area contributed by atoms with Crippen LogP contribution in [0.5, 0.6) is 0 Å². The predicted octanol–water partition coefficient (Wildman–Crippen LogP) is 4.39. The minimum absolute atomic E-state index is 0.750. The van der Waals surface area contributed by atoms with Gasteiger partial charge in [0.15, 0.2) is 0 Å². The maximum Gasteiger partial charge on any atom is 0.110 e. The Kier molecular flexibility index (Phi) is 3.18. The number of rotatable bonds is 3. The molecule has 2 nitrogen and oxygen atoms in total. The van der Waals surface area contributed by atoms with Gasteiger partial charge in [0.2, 0.25) is 0 Å². The highest BCUT2D eigenvalue weighted by molar-refractivity contribution is 7.12. The number of benzene rings is 2. The Morgan fingerprint density at radius 3 is 2.68 bits per heavy atom. The summed E-state index contributed by atoms with van der Waals surface area (Å²) in [6.45, 7) is 0.750. The molecule has 0 saturated heterocycles. The second-order valence-electron chi connectivity index (χ2n) is 4.26. The third kappa shape index (κ3) is 2.44. The van der Waals surface area contributed by atoms with Gasteiger partial charge in [-0.25, -0.2) is 0 Å². The van der Waals surface area contributed by atoms with Crippen molar-refractivity contribution in [2.24, 2.45) is 0 Å². The van der Waals surface area contributed by atoms with Gasteiger partial charge in [-0.2, -0.15) is 5.26 Å². The number of hydrogen-bond acceptors (Lipinski definition) is 3. The molecular weight excluding hydrogens is 252 g/mol. The van der Waals surface area contributed by atoms with E-state index in [1.807, 2.05) is 24.3 Å². The molecule has 0 amide bonds. The molecule has 0 spiro atoms. The zero-order chi connectivity index (χ0) is 13.1. The molecule has 0 saturated carbocycles. The minimum Gasteiger partial charge on any atom is -0.380 e. The Morgan fingerprint density at radius 2 is 1.84 bits per heavy atom. The lowest BCUT2D eigenvalue weighted by Crippen LogP contribution is -1.97. The summed E-state index contributed by atoms with van der Waals surface area (Å²) in [5.74, 6) is 0. The summed E-state index contributed by atoms with van der Waals surface area (Å²) in [7, 11) is 0. The lowest BCUT2D eigenvalue weighted by Gasteiger charge is -2.08. The van der Waals surface area contributed by atoms with Crippen LogP contribution in [-0.4, -0.2) is 0 Å². The van der Waals surface area contributed by atoms with Crippen molar-refractivity contribution in [2.45, 2.75) is 6.54 Å². The fraction of sp³-hybridized carbons (Fsp3) is 0.0625. The largest absolute Gasteiger partial charge is 0.380 e. The number of anilines is 1. The van der Waals surface area contributed by atoms with E-state index in [0.29, 0.717) is 0 Å². The zero-order valence-corrected chi connectivity index (χ0v) is 11.1. The fourth-order valence-corrected chi connectivity index (χ4v) is 2.84. The Morgan fingerprint density at radius 1 is 1.00 bits per heavy atom. The molecule has 0 aliphatic carbocycles. The average Bonchev–Trinajstić information content (AvgIpc) is 2.93. The maximum absolute atomic E-state index is 8.82. The summed E-state index contributed by atoms with van der Waals surface area (Å²) in [4.78, 5) is 1.93. The van der Waals surface area contributed by atoms with Crippen molar-refractivity contribution in [1.29, 1.82) is 5.26 Å². The van der Waals surface area contributed by atoms with E-state index >= 15 is 0 Å². The van der Waals surface area contributed by atoms with Gasteiger partial charge in [0.05, 0.1) is 0 Å². The molecule has 2 aromatic carbocycles. The Labute approximate surface area is 115 Å². The van der Waals surface area contributed by atoms with E-state index in [9.17, 15) is 0 Å². The van der Waals surface area contributed by atoms with Crippen LogP contribution in [0.15, 0.2) is 54.6 Å². The molecule has 3 heteroatoms. The molecule has 1 heterocycles. The summed E-state index contributed by atoms with van der Waals surface area (Å²) in [5.41, 5.74) is 1.13. The molecule has 0 atom stereocenters. The van der Waals surface area contributed by atoms with Crippen molar-refractivity contribution < 1.29 is 0 Å². The van der Waals surface area contributed by atoms with Gasteiger partial charge in [0, 0.05) is 22.5 Å². The first-order valence-corrected chi connectivity index (χ1v) is 6.89. The number of hydrogen-bond donors (Lipinski definition) is 1. The van der Waals surface area contributed by atoms with E-state index in [0.717, 1.165) is 17.1 Å². The van der Waals surface area contributed by atoms with Crippen molar-refractivity contribution in [2.75, 3.05) is 5.32 Å². The fourth-order valence-electron chi connectivity index (χ4n) is 2.09. The molecule has 3 aromatic rings. The van der Waals surface area contributed by atoms with Gasteiger partial charge in [-0.05, 0) is 23.6 Å². The highest BCUT2D eigenvalue weighted by atomic mass is 32.1. The summed E-state index contributed by atoms with van der Waals surface area (Å²) in [6.07, 6.45) is 0. The van der Waals surface area contributed by atoms with E-state index in [1.54, 1.807) is 0 Å². The monoisotopic (exact) mass is 264 g/mol. The third-order valence-corrected chi connectivity index (χ3v) is 4.00. The molecule has 0 bridgehead atoms. The SMILES string of the molecule is N#Cc1ccc(CNc2cccc3ccccc23)s1. The summed E-state index contributed by atoms with van der Waals surface area (Å²) in [5, 5.41) is 14.7. The van der Waals surface area contributed by atoms with Crippen LogP contribution >= 0.6 is 11.3 Å². The second-order valence-corrected chi connectivity index (χ2v) is 5.43. The topological polar surface area (TPSA) is 35.8 Å². The molecule has 92 valence electrons. The molecular formula is C16H12N2S. The molecule has 0 fully saturated rings. The van der Waals surface area contributed by atoms with Gasteiger partial charge < -0.3 is 5.32 Å². The Hall–Kier alpha value is -2.31. The van der Waals surface area contributed by atoms with Gasteiger partial charge in [-0.1, -0.05) is 36.4 Å². The first-order chi connectivity index (χ1) is 9.36. The Balaban J connectivity index is 1.84. The van der Waals surface area contributed by atoms with Gasteiger partial charge >= 0.3 is 0 Å².